The van der Waals surface area contributed by atoms with Crippen LogP contribution in [0.25, 0.3) is 0 Å². The van der Waals surface area contributed by atoms with Gasteiger partial charge in [0, 0.05) is 6.42 Å². The first-order valence-corrected chi connectivity index (χ1v) is 6.29. The second-order valence-corrected chi connectivity index (χ2v) is 4.42. The van der Waals surface area contributed by atoms with Crippen LogP contribution in [-0.4, -0.2) is 24.6 Å². The quantitative estimate of drug-likeness (QED) is 0.853. The summed E-state index contributed by atoms with van der Waals surface area (Å²) in [6, 6.07) is 8.13. The van der Waals surface area contributed by atoms with Crippen molar-refractivity contribution in [1.29, 1.82) is 0 Å². The summed E-state index contributed by atoms with van der Waals surface area (Å²) in [5.41, 5.74) is 2.23. The van der Waals surface area contributed by atoms with E-state index in [-0.39, 0.29) is 6.29 Å². The van der Waals surface area contributed by atoms with E-state index in [2.05, 4.69) is 19.1 Å². The third-order valence-electron chi connectivity index (χ3n) is 2.98. The van der Waals surface area contributed by atoms with Gasteiger partial charge in [0.2, 0.25) is 0 Å². The van der Waals surface area contributed by atoms with Crippen molar-refractivity contribution in [3.05, 3.63) is 35.4 Å². The number of rotatable bonds is 5. The smallest absolute Gasteiger partial charge is 0.160 e. The molecular weight excluding hydrogens is 216 g/mol. The van der Waals surface area contributed by atoms with Crippen LogP contribution in [-0.2, 0) is 15.9 Å². The number of benzene rings is 1. The Hall–Kier alpha value is -0.900. The van der Waals surface area contributed by atoms with Crippen LogP contribution in [0.1, 0.15) is 37.0 Å². The maximum Gasteiger partial charge on any atom is 0.160 e. The van der Waals surface area contributed by atoms with Crippen LogP contribution >= 0.6 is 0 Å². The topological polar surface area (TPSA) is 38.7 Å². The van der Waals surface area contributed by atoms with Crippen LogP contribution < -0.4 is 0 Å². The van der Waals surface area contributed by atoms with Gasteiger partial charge >= 0.3 is 0 Å². The van der Waals surface area contributed by atoms with Gasteiger partial charge in [-0.1, -0.05) is 37.6 Å². The molecule has 1 aromatic carbocycles. The van der Waals surface area contributed by atoms with Crippen molar-refractivity contribution >= 4 is 0 Å². The Bertz CT molecular complexity index is 345. The predicted molar refractivity (Wildman–Crippen MR) is 65.7 cm³/mol. The predicted octanol–water partition coefficient (Wildman–Crippen LogP) is 2.44. The minimum absolute atomic E-state index is 0.250. The van der Waals surface area contributed by atoms with Crippen LogP contribution in [0, 0.1) is 0 Å². The molecule has 0 saturated carbocycles. The highest BCUT2D eigenvalue weighted by atomic mass is 16.7. The molecule has 0 bridgehead atoms. The molecule has 1 aliphatic rings. The Kier molecular flexibility index (Phi) is 4.54. The van der Waals surface area contributed by atoms with E-state index >= 15 is 0 Å². The summed E-state index contributed by atoms with van der Waals surface area (Å²) in [4.78, 5) is 0. The Balaban J connectivity index is 1.97. The normalized spacial score (nSPS) is 18.5. The number of aliphatic hydroxyl groups excluding tert-OH is 1. The van der Waals surface area contributed by atoms with Crippen molar-refractivity contribution in [3.8, 4) is 0 Å². The molecule has 0 spiro atoms. The van der Waals surface area contributed by atoms with Gasteiger partial charge in [0.1, 0.15) is 0 Å². The highest BCUT2D eigenvalue weighted by Crippen LogP contribution is 2.23. The fraction of sp³-hybridized carbons (Fsp3) is 0.571. The third kappa shape index (κ3) is 3.53. The molecule has 1 unspecified atom stereocenters. The second kappa shape index (κ2) is 6.15. The molecule has 0 aromatic heterocycles. The van der Waals surface area contributed by atoms with Gasteiger partial charge in [0.05, 0.1) is 19.3 Å². The molecule has 17 heavy (non-hydrogen) atoms. The summed E-state index contributed by atoms with van der Waals surface area (Å²) in [6.45, 7) is 3.42. The summed E-state index contributed by atoms with van der Waals surface area (Å²) >= 11 is 0. The Morgan fingerprint density at radius 2 is 2.12 bits per heavy atom. The monoisotopic (exact) mass is 236 g/mol. The van der Waals surface area contributed by atoms with Crippen LogP contribution in [0.15, 0.2) is 24.3 Å². The lowest BCUT2D eigenvalue weighted by molar-refractivity contribution is -0.0707. The second-order valence-electron chi connectivity index (χ2n) is 4.42. The third-order valence-corrected chi connectivity index (χ3v) is 2.98. The van der Waals surface area contributed by atoms with Gasteiger partial charge in [-0.3, -0.25) is 0 Å². The standard InChI is InChI=1S/C14H20O3/c1-2-4-11-5-3-6-12(9-11)13(15)10-14-16-7-8-17-14/h3,5-6,9,13-15H,2,4,7-8,10H2,1H3. The van der Waals surface area contributed by atoms with E-state index in [1.54, 1.807) is 0 Å². The zero-order valence-electron chi connectivity index (χ0n) is 10.3. The van der Waals surface area contributed by atoms with Gasteiger partial charge in [-0.05, 0) is 17.5 Å². The highest BCUT2D eigenvalue weighted by molar-refractivity contribution is 5.25. The summed E-state index contributed by atoms with van der Waals surface area (Å²) in [5.74, 6) is 0. The summed E-state index contributed by atoms with van der Waals surface area (Å²) in [6.07, 6.45) is 1.93. The van der Waals surface area contributed by atoms with Gasteiger partial charge in [-0.2, -0.15) is 0 Å². The summed E-state index contributed by atoms with van der Waals surface area (Å²) in [5, 5.41) is 10.1. The lowest BCUT2D eigenvalue weighted by Crippen LogP contribution is -2.13. The lowest BCUT2D eigenvalue weighted by atomic mass is 10.0. The number of hydrogen-bond donors (Lipinski definition) is 1. The fourth-order valence-corrected chi connectivity index (χ4v) is 2.11. The van der Waals surface area contributed by atoms with Crippen molar-refractivity contribution < 1.29 is 14.6 Å². The van der Waals surface area contributed by atoms with Crippen molar-refractivity contribution in [2.75, 3.05) is 13.2 Å². The number of aliphatic hydroxyl groups is 1. The van der Waals surface area contributed by atoms with E-state index in [1.165, 1.54) is 5.56 Å². The fourth-order valence-electron chi connectivity index (χ4n) is 2.11. The van der Waals surface area contributed by atoms with Crippen LogP contribution in [0.2, 0.25) is 0 Å². The molecule has 1 fully saturated rings. The van der Waals surface area contributed by atoms with Crippen LogP contribution in [0.5, 0.6) is 0 Å². The zero-order valence-corrected chi connectivity index (χ0v) is 10.3. The zero-order chi connectivity index (χ0) is 12.1. The highest BCUT2D eigenvalue weighted by Gasteiger charge is 2.21. The first-order chi connectivity index (χ1) is 8.29. The van der Waals surface area contributed by atoms with Crippen molar-refractivity contribution in [2.45, 2.75) is 38.6 Å². The van der Waals surface area contributed by atoms with Gasteiger partial charge in [-0.25, -0.2) is 0 Å². The van der Waals surface area contributed by atoms with E-state index in [0.717, 1.165) is 18.4 Å². The van der Waals surface area contributed by atoms with Crippen molar-refractivity contribution in [1.82, 2.24) is 0 Å². The molecule has 1 N–H and O–H groups in total. The molecule has 2 rings (SSSR count). The van der Waals surface area contributed by atoms with E-state index < -0.39 is 6.10 Å². The molecule has 0 amide bonds. The number of aryl methyl sites for hydroxylation is 1. The van der Waals surface area contributed by atoms with Gasteiger partial charge < -0.3 is 14.6 Å². The molecule has 1 atom stereocenters. The molecule has 3 heteroatoms. The minimum atomic E-state index is -0.505. The maximum atomic E-state index is 10.1. The molecule has 1 aromatic rings. The maximum absolute atomic E-state index is 10.1. The van der Waals surface area contributed by atoms with E-state index in [4.69, 9.17) is 9.47 Å². The molecule has 94 valence electrons. The first-order valence-electron chi connectivity index (χ1n) is 6.29. The average Bonchev–Trinajstić information content (AvgIpc) is 2.83. The molecule has 0 aliphatic carbocycles. The van der Waals surface area contributed by atoms with Gasteiger partial charge in [0.15, 0.2) is 6.29 Å². The molecule has 1 heterocycles. The number of ether oxygens (including phenoxy) is 2. The van der Waals surface area contributed by atoms with Crippen LogP contribution in [0.4, 0.5) is 0 Å². The minimum Gasteiger partial charge on any atom is -0.388 e. The molecule has 3 nitrogen and oxygen atoms in total. The Morgan fingerprint density at radius 1 is 1.35 bits per heavy atom. The van der Waals surface area contributed by atoms with E-state index in [0.29, 0.717) is 19.6 Å². The Labute approximate surface area is 102 Å². The molecular formula is C14H20O3. The van der Waals surface area contributed by atoms with E-state index in [1.807, 2.05) is 12.1 Å². The summed E-state index contributed by atoms with van der Waals surface area (Å²) in [7, 11) is 0. The van der Waals surface area contributed by atoms with Crippen molar-refractivity contribution in [2.24, 2.45) is 0 Å². The molecule has 0 radical (unpaired) electrons. The van der Waals surface area contributed by atoms with Gasteiger partial charge in [0.25, 0.3) is 0 Å². The summed E-state index contributed by atoms with van der Waals surface area (Å²) < 4.78 is 10.7. The molecule has 1 saturated heterocycles. The van der Waals surface area contributed by atoms with Crippen LogP contribution in [0.3, 0.4) is 0 Å². The first kappa shape index (κ1) is 12.6. The van der Waals surface area contributed by atoms with E-state index in [9.17, 15) is 5.11 Å². The number of hydrogen-bond acceptors (Lipinski definition) is 3. The largest absolute Gasteiger partial charge is 0.388 e. The molecule has 1 aliphatic heterocycles. The Morgan fingerprint density at radius 3 is 2.82 bits per heavy atom. The lowest BCUT2D eigenvalue weighted by Gasteiger charge is -2.15. The van der Waals surface area contributed by atoms with Gasteiger partial charge in [-0.15, -0.1) is 0 Å². The van der Waals surface area contributed by atoms with Crippen molar-refractivity contribution in [3.63, 3.8) is 0 Å². The average molecular weight is 236 g/mol. The SMILES string of the molecule is CCCc1cccc(C(O)CC2OCCO2)c1.